The molecule has 13 heavy (non-hydrogen) atoms. The molecule has 1 aromatic carbocycles. The topological polar surface area (TPSA) is 0 Å². The van der Waals surface area contributed by atoms with Crippen LogP contribution in [0.2, 0.25) is 0 Å². The van der Waals surface area contributed by atoms with Crippen molar-refractivity contribution in [3.63, 3.8) is 0 Å². The van der Waals surface area contributed by atoms with E-state index in [0.717, 1.165) is 6.42 Å². The summed E-state index contributed by atoms with van der Waals surface area (Å²) >= 11 is 1.85. The number of benzene rings is 1. The second kappa shape index (κ2) is 3.75. The van der Waals surface area contributed by atoms with Crippen molar-refractivity contribution in [3.8, 4) is 0 Å². The van der Waals surface area contributed by atoms with Crippen LogP contribution < -0.4 is 0 Å². The van der Waals surface area contributed by atoms with E-state index in [4.69, 9.17) is 0 Å². The summed E-state index contributed by atoms with van der Waals surface area (Å²) in [6.07, 6.45) is 5.50. The highest BCUT2D eigenvalue weighted by Crippen LogP contribution is 2.26. The largest absolute Gasteiger partial charge is 0.136 e. The van der Waals surface area contributed by atoms with Crippen LogP contribution in [-0.2, 0) is 0 Å². The van der Waals surface area contributed by atoms with Crippen LogP contribution in [0.4, 0.5) is 0 Å². The lowest BCUT2D eigenvalue weighted by molar-refractivity contribution is 1.23. The fourth-order valence-corrected chi connectivity index (χ4v) is 2.31. The van der Waals surface area contributed by atoms with Crippen molar-refractivity contribution in [1.82, 2.24) is 0 Å². The Bertz CT molecular complexity index is 390. The molecule has 0 fully saturated rings. The van der Waals surface area contributed by atoms with Crippen molar-refractivity contribution in [2.24, 2.45) is 0 Å². The monoisotopic (exact) mass is 188 g/mol. The van der Waals surface area contributed by atoms with Crippen LogP contribution in [0.5, 0.6) is 0 Å². The van der Waals surface area contributed by atoms with Crippen molar-refractivity contribution < 1.29 is 0 Å². The molecule has 0 atom stereocenters. The van der Waals surface area contributed by atoms with Gasteiger partial charge in [-0.2, -0.15) is 0 Å². The van der Waals surface area contributed by atoms with Crippen LogP contribution in [0.25, 0.3) is 16.2 Å². The molecule has 66 valence electrons. The molecule has 0 saturated carbocycles. The minimum atomic E-state index is 1.11. The summed E-state index contributed by atoms with van der Waals surface area (Å²) in [4.78, 5) is 1.35. The minimum absolute atomic E-state index is 1.11. The van der Waals surface area contributed by atoms with Crippen molar-refractivity contribution in [3.05, 3.63) is 41.3 Å². The Morgan fingerprint density at radius 3 is 2.92 bits per heavy atom. The lowest BCUT2D eigenvalue weighted by atomic mass is 10.2. The highest BCUT2D eigenvalue weighted by atomic mass is 32.1. The number of allylic oxidation sites excluding steroid dienone is 1. The molecule has 0 radical (unpaired) electrons. The van der Waals surface area contributed by atoms with E-state index in [9.17, 15) is 0 Å². The molecule has 0 amide bonds. The second-order valence-electron chi connectivity index (χ2n) is 3.00. The summed E-state index contributed by atoms with van der Waals surface area (Å²) in [7, 11) is 0. The van der Waals surface area contributed by atoms with Gasteiger partial charge < -0.3 is 0 Å². The van der Waals surface area contributed by atoms with Gasteiger partial charge in [-0.05, 0) is 30.0 Å². The summed E-state index contributed by atoms with van der Waals surface area (Å²) in [5, 5.41) is 1.35. The Kier molecular flexibility index (Phi) is 2.46. The van der Waals surface area contributed by atoms with Gasteiger partial charge in [0.15, 0.2) is 0 Å². The van der Waals surface area contributed by atoms with Crippen LogP contribution in [0.15, 0.2) is 36.4 Å². The van der Waals surface area contributed by atoms with E-state index in [1.54, 1.807) is 0 Å². The molecular formula is C12H12S. The van der Waals surface area contributed by atoms with Gasteiger partial charge in [-0.25, -0.2) is 0 Å². The summed E-state index contributed by atoms with van der Waals surface area (Å²) in [6.45, 7) is 2.16. The van der Waals surface area contributed by atoms with Crippen molar-refractivity contribution >= 4 is 27.5 Å². The van der Waals surface area contributed by atoms with E-state index < -0.39 is 0 Å². The number of hydrogen-bond donors (Lipinski definition) is 0. The van der Waals surface area contributed by atoms with Gasteiger partial charge in [-0.3, -0.25) is 0 Å². The molecule has 1 heterocycles. The Morgan fingerprint density at radius 2 is 2.15 bits per heavy atom. The van der Waals surface area contributed by atoms with Crippen LogP contribution in [-0.4, -0.2) is 0 Å². The summed E-state index contributed by atoms with van der Waals surface area (Å²) < 4.78 is 1.37. The van der Waals surface area contributed by atoms with Crippen LogP contribution in [0.1, 0.15) is 18.2 Å². The highest BCUT2D eigenvalue weighted by molar-refractivity contribution is 7.19. The SMILES string of the molecule is CCC=Cc1cc2ccccc2s1. The smallest absolute Gasteiger partial charge is 0.0349 e. The third-order valence-electron chi connectivity index (χ3n) is 1.96. The molecule has 0 aliphatic carbocycles. The third-order valence-corrected chi connectivity index (χ3v) is 3.04. The van der Waals surface area contributed by atoms with Gasteiger partial charge in [0.2, 0.25) is 0 Å². The lowest BCUT2D eigenvalue weighted by Crippen LogP contribution is -1.57. The van der Waals surface area contributed by atoms with Gasteiger partial charge in [-0.1, -0.05) is 31.2 Å². The Labute approximate surface area is 82.5 Å². The second-order valence-corrected chi connectivity index (χ2v) is 4.11. The lowest BCUT2D eigenvalue weighted by Gasteiger charge is -1.82. The van der Waals surface area contributed by atoms with Gasteiger partial charge in [0.25, 0.3) is 0 Å². The number of fused-ring (bicyclic) bond motifs is 1. The fraction of sp³-hybridized carbons (Fsp3) is 0.167. The van der Waals surface area contributed by atoms with Crippen molar-refractivity contribution in [2.45, 2.75) is 13.3 Å². The fourth-order valence-electron chi connectivity index (χ4n) is 1.32. The maximum atomic E-state index is 2.24. The zero-order chi connectivity index (χ0) is 9.10. The van der Waals surface area contributed by atoms with E-state index in [0.29, 0.717) is 0 Å². The molecule has 0 saturated heterocycles. The average Bonchev–Trinajstić information content (AvgIpc) is 2.57. The summed E-state index contributed by atoms with van der Waals surface area (Å²) in [6, 6.07) is 10.7. The van der Waals surface area contributed by atoms with E-state index in [1.807, 2.05) is 11.3 Å². The molecule has 0 spiro atoms. The zero-order valence-electron chi connectivity index (χ0n) is 7.66. The predicted octanol–water partition coefficient (Wildman–Crippen LogP) is 4.32. The Balaban J connectivity index is 2.44. The standard InChI is InChI=1S/C12H12S/c1-2-3-7-11-9-10-6-4-5-8-12(10)13-11/h3-9H,2H2,1H3. The Hall–Kier alpha value is -1.08. The van der Waals surface area contributed by atoms with Gasteiger partial charge in [0.05, 0.1) is 0 Å². The molecule has 1 heteroatoms. The molecule has 0 nitrogen and oxygen atoms in total. The molecule has 0 unspecified atom stereocenters. The first-order chi connectivity index (χ1) is 6.40. The summed E-state index contributed by atoms with van der Waals surface area (Å²) in [5.41, 5.74) is 0. The number of hydrogen-bond acceptors (Lipinski definition) is 1. The van der Waals surface area contributed by atoms with Crippen molar-refractivity contribution in [1.29, 1.82) is 0 Å². The molecule has 0 bridgehead atoms. The maximum absolute atomic E-state index is 2.24. The maximum Gasteiger partial charge on any atom is 0.0349 e. The van der Waals surface area contributed by atoms with E-state index in [2.05, 4.69) is 49.4 Å². The van der Waals surface area contributed by atoms with Gasteiger partial charge in [-0.15, -0.1) is 11.3 Å². The zero-order valence-corrected chi connectivity index (χ0v) is 8.47. The van der Waals surface area contributed by atoms with Crippen LogP contribution in [0.3, 0.4) is 0 Å². The van der Waals surface area contributed by atoms with Gasteiger partial charge in [0, 0.05) is 9.58 Å². The Morgan fingerprint density at radius 1 is 1.31 bits per heavy atom. The van der Waals surface area contributed by atoms with E-state index in [-0.39, 0.29) is 0 Å². The van der Waals surface area contributed by atoms with E-state index in [1.165, 1.54) is 15.0 Å². The third kappa shape index (κ3) is 1.81. The average molecular weight is 188 g/mol. The molecule has 2 aromatic rings. The number of thiophene rings is 1. The molecule has 0 N–H and O–H groups in total. The van der Waals surface area contributed by atoms with Crippen LogP contribution >= 0.6 is 11.3 Å². The van der Waals surface area contributed by atoms with E-state index >= 15 is 0 Å². The van der Waals surface area contributed by atoms with Gasteiger partial charge >= 0.3 is 0 Å². The minimum Gasteiger partial charge on any atom is -0.136 e. The predicted molar refractivity (Wildman–Crippen MR) is 61.2 cm³/mol. The quantitative estimate of drug-likeness (QED) is 0.658. The first kappa shape index (κ1) is 8.52. The highest BCUT2D eigenvalue weighted by Gasteiger charge is 1.96. The molecular weight excluding hydrogens is 176 g/mol. The normalized spacial score (nSPS) is 11.5. The van der Waals surface area contributed by atoms with Gasteiger partial charge in [0.1, 0.15) is 0 Å². The molecule has 1 aromatic heterocycles. The first-order valence-electron chi connectivity index (χ1n) is 4.55. The molecule has 0 aliphatic heterocycles. The van der Waals surface area contributed by atoms with Crippen LogP contribution in [0, 0.1) is 0 Å². The first-order valence-corrected chi connectivity index (χ1v) is 5.37. The molecule has 2 rings (SSSR count). The number of rotatable bonds is 2. The summed E-state index contributed by atoms with van der Waals surface area (Å²) in [5.74, 6) is 0. The van der Waals surface area contributed by atoms with Crippen molar-refractivity contribution in [2.75, 3.05) is 0 Å². The molecule has 0 aliphatic rings.